The van der Waals surface area contributed by atoms with Crippen LogP contribution in [0.5, 0.6) is 0 Å². The van der Waals surface area contributed by atoms with E-state index in [1.807, 2.05) is 34.7 Å². The number of aromatic nitrogens is 2. The third kappa shape index (κ3) is 4.50. The number of halogens is 1. The Hall–Kier alpha value is -1.33. The molecule has 5 nitrogen and oxygen atoms in total. The van der Waals surface area contributed by atoms with Crippen LogP contribution in [0.3, 0.4) is 0 Å². The summed E-state index contributed by atoms with van der Waals surface area (Å²) >= 11 is 0. The summed E-state index contributed by atoms with van der Waals surface area (Å²) in [7, 11) is 1.88. The molecule has 0 amide bonds. The van der Waals surface area contributed by atoms with E-state index < -0.39 is 0 Å². The highest BCUT2D eigenvalue weighted by Crippen LogP contribution is 2.05. The highest BCUT2D eigenvalue weighted by Gasteiger charge is 2.13. The first-order valence-corrected chi connectivity index (χ1v) is 5.69. The van der Waals surface area contributed by atoms with E-state index in [2.05, 4.69) is 18.7 Å². The van der Waals surface area contributed by atoms with Crippen molar-refractivity contribution in [2.45, 2.75) is 32.6 Å². The second-order valence-electron chi connectivity index (χ2n) is 3.84. The zero-order chi connectivity index (χ0) is 12.7. The van der Waals surface area contributed by atoms with Crippen molar-refractivity contribution in [3.05, 3.63) is 30.9 Å². The van der Waals surface area contributed by atoms with Gasteiger partial charge in [-0.25, -0.2) is 9.13 Å². The van der Waals surface area contributed by atoms with E-state index in [4.69, 9.17) is 9.94 Å². The van der Waals surface area contributed by atoms with Crippen LogP contribution in [0.4, 0.5) is 0 Å². The van der Waals surface area contributed by atoms with Gasteiger partial charge in [-0.3, -0.25) is 0 Å². The Morgan fingerprint density at radius 2 is 2.39 bits per heavy atom. The van der Waals surface area contributed by atoms with Gasteiger partial charge < -0.3 is 22.4 Å². The summed E-state index contributed by atoms with van der Waals surface area (Å²) in [5, 5.41) is 11.6. The summed E-state index contributed by atoms with van der Waals surface area (Å²) in [5.74, 6) is 0.770. The predicted octanol–water partition coefficient (Wildman–Crippen LogP) is -1.55. The molecule has 1 aromatic heterocycles. The van der Waals surface area contributed by atoms with Crippen LogP contribution in [0.1, 0.15) is 25.6 Å². The Labute approximate surface area is 114 Å². The number of ether oxygens (including phenoxy) is 1. The van der Waals surface area contributed by atoms with Gasteiger partial charge in [0, 0.05) is 0 Å². The number of hydrogen-bond acceptors (Lipinski definition) is 3. The van der Waals surface area contributed by atoms with Gasteiger partial charge in [-0.15, -0.1) is 6.58 Å². The van der Waals surface area contributed by atoms with E-state index in [1.54, 1.807) is 0 Å². The molecule has 0 aromatic carbocycles. The molecule has 0 aliphatic rings. The van der Waals surface area contributed by atoms with Gasteiger partial charge in [0.1, 0.15) is 12.4 Å². The Kier molecular flexibility index (Phi) is 8.07. The van der Waals surface area contributed by atoms with Gasteiger partial charge >= 0.3 is 5.82 Å². The number of hydrogen-bond donors (Lipinski definition) is 1. The molecule has 0 fully saturated rings. The standard InChI is InChI=1S/C12H19N3O2.ClH/c1-4-6-11(5-2)17-10-15-8-7-14(3)12(15)9-13-16;/h5,7-9,11H,2,4,6,10H2,1,3H3;1H. The molecule has 1 aromatic rings. The van der Waals surface area contributed by atoms with E-state index in [0.29, 0.717) is 6.73 Å². The highest BCUT2D eigenvalue weighted by atomic mass is 35.5. The van der Waals surface area contributed by atoms with Crippen LogP contribution in [0.25, 0.3) is 0 Å². The molecule has 18 heavy (non-hydrogen) atoms. The van der Waals surface area contributed by atoms with Gasteiger partial charge in [-0.2, -0.15) is 0 Å². The number of aryl methyl sites for hydroxylation is 1. The fourth-order valence-electron chi connectivity index (χ4n) is 1.59. The molecule has 1 atom stereocenters. The summed E-state index contributed by atoms with van der Waals surface area (Å²) in [4.78, 5) is 0. The number of nitrogens with zero attached hydrogens (tertiary/aromatic N) is 3. The summed E-state index contributed by atoms with van der Waals surface area (Å²) in [6, 6.07) is 0. The van der Waals surface area contributed by atoms with Crippen molar-refractivity contribution < 1.29 is 26.9 Å². The Balaban J connectivity index is 0.00000289. The first-order valence-electron chi connectivity index (χ1n) is 5.69. The van der Waals surface area contributed by atoms with Crippen LogP contribution in [0.15, 0.2) is 30.2 Å². The van der Waals surface area contributed by atoms with Gasteiger partial charge in [0.05, 0.1) is 13.2 Å². The fraction of sp³-hybridized carbons (Fsp3) is 0.500. The van der Waals surface area contributed by atoms with Crippen LogP contribution in [0.2, 0.25) is 0 Å². The van der Waals surface area contributed by atoms with Crippen LogP contribution < -0.4 is 17.0 Å². The summed E-state index contributed by atoms with van der Waals surface area (Å²) in [6.07, 6.45) is 9.03. The lowest BCUT2D eigenvalue weighted by molar-refractivity contribution is -0.672. The lowest BCUT2D eigenvalue weighted by atomic mass is 10.2. The van der Waals surface area contributed by atoms with Crippen molar-refractivity contribution >= 4 is 6.21 Å². The average molecular weight is 274 g/mol. The lowest BCUT2D eigenvalue weighted by Crippen LogP contribution is -3.00. The van der Waals surface area contributed by atoms with Crippen LogP contribution in [-0.2, 0) is 18.5 Å². The Morgan fingerprint density at radius 1 is 1.67 bits per heavy atom. The zero-order valence-corrected chi connectivity index (χ0v) is 11.5. The van der Waals surface area contributed by atoms with Gasteiger partial charge in [0.15, 0.2) is 12.9 Å². The molecule has 0 saturated carbocycles. The quantitative estimate of drug-likeness (QED) is 0.215. The van der Waals surface area contributed by atoms with Gasteiger partial charge in [0.2, 0.25) is 0 Å². The first kappa shape index (κ1) is 16.7. The molecule has 0 spiro atoms. The Bertz CT molecular complexity index is 391. The van der Waals surface area contributed by atoms with Crippen LogP contribution in [-0.4, -0.2) is 22.1 Å². The highest BCUT2D eigenvalue weighted by molar-refractivity contribution is 5.72. The lowest BCUT2D eigenvalue weighted by Gasteiger charge is -2.11. The summed E-state index contributed by atoms with van der Waals surface area (Å²) in [6.45, 7) is 6.28. The zero-order valence-electron chi connectivity index (χ0n) is 10.8. The van der Waals surface area contributed by atoms with E-state index in [0.717, 1.165) is 18.7 Å². The largest absolute Gasteiger partial charge is 1.00 e. The third-order valence-corrected chi connectivity index (χ3v) is 2.56. The third-order valence-electron chi connectivity index (χ3n) is 2.56. The molecule has 0 radical (unpaired) electrons. The van der Waals surface area contributed by atoms with E-state index >= 15 is 0 Å². The summed E-state index contributed by atoms with van der Waals surface area (Å²) < 4.78 is 9.43. The van der Waals surface area contributed by atoms with E-state index in [9.17, 15) is 0 Å². The molecule has 1 rings (SSSR count). The van der Waals surface area contributed by atoms with E-state index in [-0.39, 0.29) is 18.5 Å². The summed E-state index contributed by atoms with van der Waals surface area (Å²) in [5.41, 5.74) is 0. The minimum atomic E-state index is 0. The van der Waals surface area contributed by atoms with Gasteiger partial charge in [-0.1, -0.05) is 24.6 Å². The van der Waals surface area contributed by atoms with Crippen molar-refractivity contribution in [3.63, 3.8) is 0 Å². The van der Waals surface area contributed by atoms with Crippen molar-refractivity contribution in [1.29, 1.82) is 0 Å². The van der Waals surface area contributed by atoms with Gasteiger partial charge in [-0.05, 0) is 6.42 Å². The first-order chi connectivity index (χ1) is 8.22. The molecule has 102 valence electrons. The number of oxime groups is 1. The second kappa shape index (κ2) is 8.72. The maximum Gasteiger partial charge on any atom is 0.305 e. The topological polar surface area (TPSA) is 50.6 Å². The molecule has 6 heteroatoms. The second-order valence-corrected chi connectivity index (χ2v) is 3.84. The van der Waals surface area contributed by atoms with Crippen LogP contribution in [0, 0.1) is 0 Å². The Morgan fingerprint density at radius 3 is 2.94 bits per heavy atom. The molecular weight excluding hydrogens is 254 g/mol. The average Bonchev–Trinajstić information content (AvgIpc) is 2.67. The minimum Gasteiger partial charge on any atom is -1.00 e. The molecule has 0 aliphatic heterocycles. The van der Waals surface area contributed by atoms with E-state index in [1.165, 1.54) is 6.21 Å². The normalized spacial score (nSPS) is 12.3. The number of imidazole rings is 1. The smallest absolute Gasteiger partial charge is 0.305 e. The van der Waals surface area contributed by atoms with Crippen molar-refractivity contribution in [2.24, 2.45) is 12.2 Å². The SMILES string of the molecule is C=CC(CCC)OCn1cc[n+](C)c1/C=N/O.[Cl-]. The molecule has 1 unspecified atom stereocenters. The maximum absolute atomic E-state index is 8.58. The molecule has 1 heterocycles. The van der Waals surface area contributed by atoms with Crippen molar-refractivity contribution in [3.8, 4) is 0 Å². The van der Waals surface area contributed by atoms with Crippen molar-refractivity contribution in [1.82, 2.24) is 4.57 Å². The molecular formula is C12H20ClN3O2. The molecule has 0 saturated heterocycles. The minimum absolute atomic E-state index is 0. The molecule has 0 bridgehead atoms. The van der Waals surface area contributed by atoms with Gasteiger partial charge in [0.25, 0.3) is 0 Å². The monoisotopic (exact) mass is 273 g/mol. The maximum atomic E-state index is 8.58. The molecule has 0 aliphatic carbocycles. The van der Waals surface area contributed by atoms with Crippen LogP contribution >= 0.6 is 0 Å². The fourth-order valence-corrected chi connectivity index (χ4v) is 1.59. The predicted molar refractivity (Wildman–Crippen MR) is 65.0 cm³/mol. The number of rotatable bonds is 7. The van der Waals surface area contributed by atoms with Crippen molar-refractivity contribution in [2.75, 3.05) is 0 Å². The molecule has 1 N–H and O–H groups in total.